The molecule has 0 aromatic carbocycles. The van der Waals surface area contributed by atoms with E-state index in [2.05, 4.69) is 10.6 Å². The second kappa shape index (κ2) is 5.66. The number of pyridine rings is 1. The first-order valence-corrected chi connectivity index (χ1v) is 5.46. The molecule has 1 unspecified atom stereocenters. The highest BCUT2D eigenvalue weighted by molar-refractivity contribution is 5.95. The fourth-order valence-corrected chi connectivity index (χ4v) is 1.80. The maximum absolute atomic E-state index is 12.9. The van der Waals surface area contributed by atoms with Crippen molar-refractivity contribution in [2.24, 2.45) is 7.05 Å². The number of hydrogen-bond donors (Lipinski definition) is 2. The average molecular weight is 294 g/mol. The second-order valence-electron chi connectivity index (χ2n) is 4.35. The van der Waals surface area contributed by atoms with Crippen molar-refractivity contribution in [3.05, 3.63) is 28.7 Å². The first-order valence-electron chi connectivity index (χ1n) is 5.46. The Morgan fingerprint density at radius 1 is 1.53 bits per heavy atom. The number of anilines is 1. The lowest BCUT2D eigenvalue weighted by Gasteiger charge is -2.11. The predicted molar refractivity (Wildman–Crippen MR) is 68.9 cm³/mol. The molecule has 1 amide bonds. The molecule has 0 spiro atoms. The van der Waals surface area contributed by atoms with Gasteiger partial charge in [-0.3, -0.25) is 14.9 Å². The first-order chi connectivity index (χ1) is 8.37. The fraction of sp³-hybridized carbons (Fsp3) is 0.455. The minimum atomic E-state index is -2.84. The van der Waals surface area contributed by atoms with Gasteiger partial charge in [-0.1, -0.05) is 0 Å². The van der Waals surface area contributed by atoms with Crippen LogP contribution in [0.4, 0.5) is 14.5 Å². The van der Waals surface area contributed by atoms with E-state index in [0.717, 1.165) is 0 Å². The zero-order valence-corrected chi connectivity index (χ0v) is 11.0. The van der Waals surface area contributed by atoms with Crippen molar-refractivity contribution in [2.45, 2.75) is 18.4 Å². The predicted octanol–water partition coefficient (Wildman–Crippen LogP) is 0.743. The van der Waals surface area contributed by atoms with E-state index in [-0.39, 0.29) is 18.0 Å². The molecule has 8 heteroatoms. The summed E-state index contributed by atoms with van der Waals surface area (Å²) in [7, 11) is 1.54. The van der Waals surface area contributed by atoms with Crippen molar-refractivity contribution in [2.75, 3.05) is 11.9 Å². The first kappa shape index (κ1) is 15.6. The van der Waals surface area contributed by atoms with Crippen LogP contribution in [0.3, 0.4) is 0 Å². The van der Waals surface area contributed by atoms with Crippen molar-refractivity contribution < 1.29 is 13.6 Å². The summed E-state index contributed by atoms with van der Waals surface area (Å²) in [5.41, 5.74) is 0.192. The summed E-state index contributed by atoms with van der Waals surface area (Å²) >= 11 is 0. The summed E-state index contributed by atoms with van der Waals surface area (Å²) in [6.45, 7) is -0.488. The van der Waals surface area contributed by atoms with E-state index in [1.807, 2.05) is 0 Å². The molecule has 2 rings (SSSR count). The molecule has 1 aromatic rings. The van der Waals surface area contributed by atoms with Gasteiger partial charge in [-0.05, 0) is 6.07 Å². The van der Waals surface area contributed by atoms with Crippen LogP contribution in [0.2, 0.25) is 0 Å². The minimum absolute atomic E-state index is 0. The number of amides is 1. The lowest BCUT2D eigenvalue weighted by atomic mass is 10.2. The van der Waals surface area contributed by atoms with Crippen LogP contribution in [0.15, 0.2) is 23.1 Å². The Morgan fingerprint density at radius 3 is 2.74 bits per heavy atom. The topological polar surface area (TPSA) is 63.1 Å². The van der Waals surface area contributed by atoms with Crippen LogP contribution < -0.4 is 16.2 Å². The molecule has 1 fully saturated rings. The molecule has 5 nitrogen and oxygen atoms in total. The zero-order valence-electron chi connectivity index (χ0n) is 10.2. The average Bonchev–Trinajstić information content (AvgIpc) is 2.64. The highest BCUT2D eigenvalue weighted by Crippen LogP contribution is 2.25. The number of rotatable bonds is 2. The molecule has 0 aliphatic carbocycles. The van der Waals surface area contributed by atoms with Gasteiger partial charge in [0.15, 0.2) is 0 Å². The highest BCUT2D eigenvalue weighted by Gasteiger charge is 2.42. The number of halogens is 3. The van der Waals surface area contributed by atoms with Crippen molar-refractivity contribution in [1.82, 2.24) is 9.88 Å². The molecule has 1 aromatic heterocycles. The Morgan fingerprint density at radius 2 is 2.21 bits per heavy atom. The van der Waals surface area contributed by atoms with Gasteiger partial charge in [-0.2, -0.15) is 0 Å². The van der Waals surface area contributed by atoms with Crippen LogP contribution in [0.25, 0.3) is 0 Å². The van der Waals surface area contributed by atoms with Gasteiger partial charge in [0.05, 0.1) is 18.3 Å². The molecule has 1 saturated heterocycles. The maximum Gasteiger partial charge on any atom is 0.262 e. The van der Waals surface area contributed by atoms with Gasteiger partial charge in [0.2, 0.25) is 11.5 Å². The van der Waals surface area contributed by atoms with Crippen LogP contribution in [0.1, 0.15) is 6.42 Å². The van der Waals surface area contributed by atoms with Gasteiger partial charge >= 0.3 is 0 Å². The molecular weight excluding hydrogens is 280 g/mol. The molecule has 2 heterocycles. The third-order valence-corrected chi connectivity index (χ3v) is 2.78. The Kier molecular flexibility index (Phi) is 4.65. The number of nitrogens with zero attached hydrogens (tertiary/aromatic N) is 1. The number of aromatic nitrogens is 1. The Labute approximate surface area is 114 Å². The molecule has 19 heavy (non-hydrogen) atoms. The summed E-state index contributed by atoms with van der Waals surface area (Å²) in [6, 6.07) is 1.83. The lowest BCUT2D eigenvalue weighted by Crippen LogP contribution is -2.35. The largest absolute Gasteiger partial charge is 0.323 e. The molecule has 1 aliphatic rings. The van der Waals surface area contributed by atoms with E-state index < -0.39 is 30.8 Å². The molecule has 0 saturated carbocycles. The molecular formula is C11H14ClF2N3O2. The summed E-state index contributed by atoms with van der Waals surface area (Å²) in [4.78, 5) is 22.8. The summed E-state index contributed by atoms with van der Waals surface area (Å²) in [6.07, 6.45) is 0.928. The maximum atomic E-state index is 12.9. The summed E-state index contributed by atoms with van der Waals surface area (Å²) in [5.74, 6) is -3.36. The fourth-order valence-electron chi connectivity index (χ4n) is 1.80. The number of carbonyl (C=O) groups is 1. The smallest absolute Gasteiger partial charge is 0.262 e. The monoisotopic (exact) mass is 293 g/mol. The van der Waals surface area contributed by atoms with E-state index in [0.29, 0.717) is 5.69 Å². The quantitative estimate of drug-likeness (QED) is 0.845. The van der Waals surface area contributed by atoms with Crippen LogP contribution in [-0.4, -0.2) is 29.0 Å². The van der Waals surface area contributed by atoms with E-state index in [1.54, 1.807) is 7.05 Å². The zero-order chi connectivity index (χ0) is 13.3. The van der Waals surface area contributed by atoms with Crippen LogP contribution in [0, 0.1) is 0 Å². The van der Waals surface area contributed by atoms with Crippen molar-refractivity contribution >= 4 is 24.0 Å². The molecule has 2 N–H and O–H groups in total. The number of carbonyl (C=O) groups excluding carboxylic acids is 1. The van der Waals surface area contributed by atoms with Crippen molar-refractivity contribution in [1.29, 1.82) is 0 Å². The van der Waals surface area contributed by atoms with Crippen LogP contribution in [-0.2, 0) is 11.8 Å². The van der Waals surface area contributed by atoms with Gasteiger partial charge in [-0.15, -0.1) is 12.4 Å². The van der Waals surface area contributed by atoms with Gasteiger partial charge in [0.1, 0.15) is 0 Å². The van der Waals surface area contributed by atoms with E-state index in [1.165, 1.54) is 22.9 Å². The number of aryl methyl sites for hydroxylation is 1. The van der Waals surface area contributed by atoms with Crippen LogP contribution >= 0.6 is 12.4 Å². The number of hydrogen-bond acceptors (Lipinski definition) is 3. The Hall–Kier alpha value is -1.47. The van der Waals surface area contributed by atoms with Gasteiger partial charge in [0.25, 0.3) is 5.92 Å². The summed E-state index contributed by atoms with van der Waals surface area (Å²) in [5, 5.41) is 4.96. The summed E-state index contributed by atoms with van der Waals surface area (Å²) < 4.78 is 27.1. The molecule has 1 aliphatic heterocycles. The van der Waals surface area contributed by atoms with E-state index in [9.17, 15) is 18.4 Å². The second-order valence-corrected chi connectivity index (χ2v) is 4.35. The molecule has 0 radical (unpaired) electrons. The van der Waals surface area contributed by atoms with E-state index in [4.69, 9.17) is 0 Å². The normalized spacial score (nSPS) is 20.7. The van der Waals surface area contributed by atoms with Crippen LogP contribution in [0.5, 0.6) is 0 Å². The van der Waals surface area contributed by atoms with Crippen molar-refractivity contribution in [3.63, 3.8) is 0 Å². The molecule has 0 bridgehead atoms. The molecule has 106 valence electrons. The lowest BCUT2D eigenvalue weighted by molar-refractivity contribution is -0.118. The molecule has 1 atom stereocenters. The SMILES string of the molecule is Cl.Cn1cc(NC(=O)C2CC(F)(F)CN2)ccc1=O. The third-order valence-electron chi connectivity index (χ3n) is 2.78. The third kappa shape index (κ3) is 3.74. The number of alkyl halides is 2. The van der Waals surface area contributed by atoms with Gasteiger partial charge < -0.3 is 9.88 Å². The Balaban J connectivity index is 0.00000180. The van der Waals surface area contributed by atoms with Gasteiger partial charge in [-0.25, -0.2) is 8.78 Å². The number of nitrogens with one attached hydrogen (secondary N) is 2. The van der Waals surface area contributed by atoms with E-state index >= 15 is 0 Å². The standard InChI is InChI=1S/C11H13F2N3O2.ClH/c1-16-5-7(2-3-9(16)17)15-10(18)8-4-11(12,13)6-14-8;/h2-3,5,8,14H,4,6H2,1H3,(H,15,18);1H. The Bertz CT molecular complexity index is 533. The van der Waals surface area contributed by atoms with Crippen molar-refractivity contribution in [3.8, 4) is 0 Å². The minimum Gasteiger partial charge on any atom is -0.323 e. The van der Waals surface area contributed by atoms with Gasteiger partial charge in [0, 0.05) is 25.7 Å². The highest BCUT2D eigenvalue weighted by atomic mass is 35.5.